The maximum atomic E-state index is 15.2. The maximum absolute atomic E-state index is 15.2. The molecule has 0 heterocycles. The number of carboxylic acid groups (broad SMARTS) is 1. The van der Waals surface area contributed by atoms with Crippen molar-refractivity contribution in [3.8, 4) is 0 Å². The van der Waals surface area contributed by atoms with E-state index < -0.39 is 69.3 Å². The van der Waals surface area contributed by atoms with E-state index in [4.69, 9.17) is 5.73 Å². The Balaban J connectivity index is 1.40. The largest absolute Gasteiger partial charge is 0.480 e. The van der Waals surface area contributed by atoms with Crippen LogP contribution in [0.15, 0.2) is 182 Å². The van der Waals surface area contributed by atoms with Crippen LogP contribution in [-0.2, 0) is 33.5 Å². The van der Waals surface area contributed by atoms with Crippen molar-refractivity contribution < 1.29 is 29.1 Å². The Morgan fingerprint density at radius 1 is 0.405 bits per heavy atom. The van der Waals surface area contributed by atoms with E-state index in [0.717, 1.165) is 33.4 Å². The molecule has 0 spiro atoms. The lowest BCUT2D eigenvalue weighted by molar-refractivity contribution is -0.141. The van der Waals surface area contributed by atoms with E-state index in [1.165, 1.54) is 23.5 Å². The standard InChI is InChI=1S/C61H71N5O6S2/c1-41(2)37-50(63-55(67)51(38-42(3)4)64-58(70)54(62)43(5)6)56(68)65-52(39-73-60(44-25-13-7-14-26-44,45-27-15-8-16-28-45)46-29-17-9-18-30-46)57(69)66-53(59(71)72)40-74-61(47-31-19-10-20-32-47,48-33-21-11-22-34-48)49-35-23-12-24-36-49/h7-36,41-43,50-54H,37-40,62H2,1-6H3,(H,63,67)(H,64,70)(H,65,68)(H,66,69)(H,71,72)/t50-,51+,52+,53+,54-/m0/s1. The number of aliphatic carboxylic acids is 1. The Kier molecular flexibility index (Phi) is 20.7. The summed E-state index contributed by atoms with van der Waals surface area (Å²) in [6.45, 7) is 11.4. The van der Waals surface area contributed by atoms with Crippen LogP contribution in [0, 0.1) is 17.8 Å². The van der Waals surface area contributed by atoms with Gasteiger partial charge in [-0.3, -0.25) is 19.2 Å². The second kappa shape index (κ2) is 27.0. The topological polar surface area (TPSA) is 180 Å². The highest BCUT2D eigenvalue weighted by atomic mass is 32.2. The fourth-order valence-electron chi connectivity index (χ4n) is 9.10. The first-order chi connectivity index (χ1) is 35.6. The summed E-state index contributed by atoms with van der Waals surface area (Å²) in [6, 6.07) is 53.7. The first-order valence-electron chi connectivity index (χ1n) is 25.4. The normalized spacial score (nSPS) is 13.8. The number of hydrogen-bond donors (Lipinski definition) is 6. The predicted molar refractivity (Wildman–Crippen MR) is 300 cm³/mol. The molecule has 0 unspecified atom stereocenters. The minimum absolute atomic E-state index is 0.00138. The average molecular weight is 1030 g/mol. The van der Waals surface area contributed by atoms with Gasteiger partial charge in [0.15, 0.2) is 0 Å². The van der Waals surface area contributed by atoms with Gasteiger partial charge < -0.3 is 32.1 Å². The maximum Gasteiger partial charge on any atom is 0.327 e. The van der Waals surface area contributed by atoms with Crippen LogP contribution in [0.4, 0.5) is 0 Å². The van der Waals surface area contributed by atoms with Crippen LogP contribution in [0.3, 0.4) is 0 Å². The van der Waals surface area contributed by atoms with Crippen LogP contribution in [0.5, 0.6) is 0 Å². The summed E-state index contributed by atoms with van der Waals surface area (Å²) >= 11 is 2.84. The van der Waals surface area contributed by atoms with E-state index >= 15 is 4.79 Å². The molecule has 5 atom stereocenters. The zero-order valence-corrected chi connectivity index (χ0v) is 44.8. The molecule has 0 aromatic heterocycles. The summed E-state index contributed by atoms with van der Waals surface area (Å²) in [6.07, 6.45) is 0.485. The number of hydrogen-bond acceptors (Lipinski definition) is 8. The summed E-state index contributed by atoms with van der Waals surface area (Å²) < 4.78 is -1.80. The first kappa shape index (κ1) is 56.6. The fraction of sp³-hybridized carbons (Fsp3) is 0.328. The molecular formula is C61H71N5O6S2. The summed E-state index contributed by atoms with van der Waals surface area (Å²) in [7, 11) is 0. The number of nitrogens with two attached hydrogens (primary N) is 1. The number of nitrogens with one attached hydrogen (secondary N) is 4. The molecule has 11 nitrogen and oxygen atoms in total. The van der Waals surface area contributed by atoms with Gasteiger partial charge in [-0.05, 0) is 64.0 Å². The Morgan fingerprint density at radius 3 is 0.919 bits per heavy atom. The van der Waals surface area contributed by atoms with E-state index in [0.29, 0.717) is 0 Å². The van der Waals surface area contributed by atoms with Crippen LogP contribution >= 0.6 is 23.5 Å². The first-order valence-corrected chi connectivity index (χ1v) is 27.3. The van der Waals surface area contributed by atoms with Crippen molar-refractivity contribution in [2.45, 2.75) is 94.1 Å². The fourth-order valence-corrected chi connectivity index (χ4v) is 12.2. The lowest BCUT2D eigenvalue weighted by atomic mass is 9.84. The summed E-state index contributed by atoms with van der Waals surface area (Å²) in [5, 5.41) is 22.6. The molecule has 0 fully saturated rings. The second-order valence-electron chi connectivity index (χ2n) is 19.8. The minimum atomic E-state index is -1.42. The number of benzene rings is 6. The van der Waals surface area contributed by atoms with E-state index in [2.05, 4.69) is 21.3 Å². The third kappa shape index (κ3) is 14.3. The number of thioether (sulfide) groups is 2. The molecule has 0 aliphatic heterocycles. The summed E-state index contributed by atoms with van der Waals surface area (Å²) in [5.74, 6) is -3.99. The molecule has 0 aliphatic rings. The number of carbonyl (C=O) groups excluding carboxylic acids is 4. The van der Waals surface area contributed by atoms with Crippen LogP contribution in [0.1, 0.15) is 87.8 Å². The van der Waals surface area contributed by atoms with Gasteiger partial charge in [-0.25, -0.2) is 4.79 Å². The number of amides is 4. The Morgan fingerprint density at radius 2 is 0.649 bits per heavy atom. The van der Waals surface area contributed by atoms with Crippen molar-refractivity contribution in [1.29, 1.82) is 0 Å². The molecule has 0 saturated carbocycles. The van der Waals surface area contributed by atoms with Crippen LogP contribution < -0.4 is 27.0 Å². The van der Waals surface area contributed by atoms with Crippen LogP contribution in [0.2, 0.25) is 0 Å². The number of carboxylic acids is 1. The predicted octanol–water partition coefficient (Wildman–Crippen LogP) is 9.54. The number of carbonyl (C=O) groups is 5. The summed E-state index contributed by atoms with van der Waals surface area (Å²) in [4.78, 5) is 71.1. The minimum Gasteiger partial charge on any atom is -0.480 e. The smallest absolute Gasteiger partial charge is 0.327 e. The molecule has 0 aliphatic carbocycles. The van der Waals surface area contributed by atoms with Gasteiger partial charge in [-0.1, -0.05) is 224 Å². The van der Waals surface area contributed by atoms with Gasteiger partial charge in [0.25, 0.3) is 0 Å². The van der Waals surface area contributed by atoms with Crippen molar-refractivity contribution in [3.05, 3.63) is 215 Å². The van der Waals surface area contributed by atoms with E-state index in [1.54, 1.807) is 0 Å². The SMILES string of the molecule is CC(C)C[C@H](NC(=O)[C@@H](CC(C)C)NC(=O)[C@@H](N)C(C)C)C(=O)N[C@H](CSC(c1ccccc1)(c1ccccc1)c1ccccc1)C(=O)N[C@H](CSC(c1ccccc1)(c1ccccc1)c1ccccc1)C(=O)O. The van der Waals surface area contributed by atoms with Gasteiger partial charge in [0.05, 0.1) is 15.5 Å². The second-order valence-corrected chi connectivity index (χ2v) is 22.3. The Bertz CT molecular complexity index is 2520. The van der Waals surface area contributed by atoms with E-state index in [9.17, 15) is 24.3 Å². The molecule has 0 radical (unpaired) electrons. The quantitative estimate of drug-likeness (QED) is 0.0289. The highest BCUT2D eigenvalue weighted by molar-refractivity contribution is 8.01. The molecule has 0 saturated heterocycles. The Hall–Kier alpha value is -6.67. The highest BCUT2D eigenvalue weighted by Gasteiger charge is 2.42. The van der Waals surface area contributed by atoms with Crippen molar-refractivity contribution in [1.82, 2.24) is 21.3 Å². The molecule has 4 amide bonds. The summed E-state index contributed by atoms with van der Waals surface area (Å²) in [5.41, 5.74) is 11.7. The monoisotopic (exact) mass is 1030 g/mol. The lowest BCUT2D eigenvalue weighted by Gasteiger charge is -2.37. The molecular weight excluding hydrogens is 963 g/mol. The van der Waals surface area contributed by atoms with Crippen molar-refractivity contribution >= 4 is 53.1 Å². The van der Waals surface area contributed by atoms with Gasteiger partial charge in [-0.15, -0.1) is 23.5 Å². The third-order valence-electron chi connectivity index (χ3n) is 13.0. The lowest BCUT2D eigenvalue weighted by Crippen LogP contribution is -2.59. The average Bonchev–Trinajstić information content (AvgIpc) is 3.41. The van der Waals surface area contributed by atoms with Crippen molar-refractivity contribution in [2.75, 3.05) is 11.5 Å². The zero-order chi connectivity index (χ0) is 53.3. The van der Waals surface area contributed by atoms with Gasteiger partial charge in [0, 0.05) is 11.5 Å². The zero-order valence-electron chi connectivity index (χ0n) is 43.2. The molecule has 6 aromatic rings. The molecule has 7 N–H and O–H groups in total. The van der Waals surface area contributed by atoms with Crippen LogP contribution in [0.25, 0.3) is 0 Å². The Labute approximate surface area is 445 Å². The van der Waals surface area contributed by atoms with Gasteiger partial charge in [0.2, 0.25) is 23.6 Å². The number of rotatable bonds is 26. The van der Waals surface area contributed by atoms with Crippen molar-refractivity contribution in [2.24, 2.45) is 23.5 Å². The van der Waals surface area contributed by atoms with Gasteiger partial charge >= 0.3 is 5.97 Å². The molecule has 13 heteroatoms. The van der Waals surface area contributed by atoms with Crippen molar-refractivity contribution in [3.63, 3.8) is 0 Å². The molecule has 6 rings (SSSR count). The highest BCUT2D eigenvalue weighted by Crippen LogP contribution is 2.50. The molecule has 388 valence electrons. The third-order valence-corrected chi connectivity index (χ3v) is 16.2. The molecule has 0 bridgehead atoms. The van der Waals surface area contributed by atoms with E-state index in [1.807, 2.05) is 224 Å². The molecule has 6 aromatic carbocycles. The van der Waals surface area contributed by atoms with E-state index in [-0.39, 0.29) is 42.1 Å². The van der Waals surface area contributed by atoms with Gasteiger partial charge in [0.1, 0.15) is 24.2 Å². The van der Waals surface area contributed by atoms with Gasteiger partial charge in [-0.2, -0.15) is 0 Å². The molecule has 74 heavy (non-hydrogen) atoms. The van der Waals surface area contributed by atoms with Crippen LogP contribution in [-0.4, -0.2) is 76.4 Å².